The van der Waals surface area contributed by atoms with Crippen molar-refractivity contribution >= 4 is 5.97 Å². The van der Waals surface area contributed by atoms with Gasteiger partial charge in [0.15, 0.2) is 0 Å². The number of rotatable bonds is 6. The Bertz CT molecular complexity index is 178. The van der Waals surface area contributed by atoms with Gasteiger partial charge in [0.05, 0.1) is 12.5 Å². The van der Waals surface area contributed by atoms with Gasteiger partial charge in [-0.15, -0.1) is 0 Å². The summed E-state index contributed by atoms with van der Waals surface area (Å²) in [6, 6.07) is 0. The van der Waals surface area contributed by atoms with Crippen LogP contribution in [0.4, 0.5) is 0 Å². The topological polar surface area (TPSA) is 69.6 Å². The molecule has 1 unspecified atom stereocenters. The quantitative estimate of drug-likeness (QED) is 0.588. The van der Waals surface area contributed by atoms with E-state index >= 15 is 0 Å². The minimum Gasteiger partial charge on any atom is -0.481 e. The molecule has 1 saturated carbocycles. The smallest absolute Gasteiger partial charge is 0.306 e. The van der Waals surface area contributed by atoms with Crippen molar-refractivity contribution in [1.29, 1.82) is 0 Å². The Morgan fingerprint density at radius 2 is 2.07 bits per heavy atom. The molecule has 0 aromatic heterocycles. The van der Waals surface area contributed by atoms with Gasteiger partial charge in [-0.3, -0.25) is 4.79 Å². The molecule has 0 radical (unpaired) electrons. The second-order valence-corrected chi connectivity index (χ2v) is 4.06. The maximum Gasteiger partial charge on any atom is 0.306 e. The molecule has 0 bridgehead atoms. The van der Waals surface area contributed by atoms with E-state index in [9.17, 15) is 9.90 Å². The number of nitrogens with one attached hydrogen (secondary N) is 1. The number of aliphatic carboxylic acids is 1. The van der Waals surface area contributed by atoms with Gasteiger partial charge in [-0.25, -0.2) is 0 Å². The number of carboxylic acids is 1. The van der Waals surface area contributed by atoms with Crippen LogP contribution < -0.4 is 5.32 Å². The van der Waals surface area contributed by atoms with Gasteiger partial charge in [-0.05, 0) is 25.3 Å². The fourth-order valence-electron chi connectivity index (χ4n) is 1.94. The van der Waals surface area contributed by atoms with Crippen LogP contribution in [0.3, 0.4) is 0 Å². The van der Waals surface area contributed by atoms with Crippen LogP contribution in [0.15, 0.2) is 0 Å². The van der Waals surface area contributed by atoms with Crippen LogP contribution in [0.1, 0.15) is 32.1 Å². The fraction of sp³-hybridized carbons (Fsp3) is 0.900. The zero-order valence-electron chi connectivity index (χ0n) is 8.41. The van der Waals surface area contributed by atoms with E-state index in [1.165, 1.54) is 25.7 Å². The zero-order chi connectivity index (χ0) is 10.4. The van der Waals surface area contributed by atoms with E-state index in [1.54, 1.807) is 0 Å². The summed E-state index contributed by atoms with van der Waals surface area (Å²) in [6.07, 6.45) is 4.23. The number of hydrogen-bond acceptors (Lipinski definition) is 3. The second-order valence-electron chi connectivity index (χ2n) is 4.06. The largest absolute Gasteiger partial charge is 0.481 e. The lowest BCUT2D eigenvalue weighted by molar-refractivity contribution is -0.139. The Balaban J connectivity index is 1.99. The summed E-state index contributed by atoms with van der Waals surface area (Å²) in [5.74, 6) is -0.216. The van der Waals surface area contributed by atoms with Crippen LogP contribution in [0.5, 0.6) is 0 Å². The SMILES string of the molecule is O=C(O)CC(O)CNCC1CCCC1. The second kappa shape index (κ2) is 5.98. The van der Waals surface area contributed by atoms with Crippen LogP contribution in [0.25, 0.3) is 0 Å². The van der Waals surface area contributed by atoms with Crippen molar-refractivity contribution < 1.29 is 15.0 Å². The van der Waals surface area contributed by atoms with Gasteiger partial charge in [0.1, 0.15) is 0 Å². The fourth-order valence-corrected chi connectivity index (χ4v) is 1.94. The molecule has 0 saturated heterocycles. The first kappa shape index (κ1) is 11.5. The predicted molar refractivity (Wildman–Crippen MR) is 53.1 cm³/mol. The Labute approximate surface area is 84.3 Å². The molecule has 1 fully saturated rings. The van der Waals surface area contributed by atoms with Crippen molar-refractivity contribution in [3.63, 3.8) is 0 Å². The van der Waals surface area contributed by atoms with Gasteiger partial charge >= 0.3 is 5.97 Å². The van der Waals surface area contributed by atoms with Crippen LogP contribution in [0, 0.1) is 5.92 Å². The number of carboxylic acid groups (broad SMARTS) is 1. The van der Waals surface area contributed by atoms with Gasteiger partial charge < -0.3 is 15.5 Å². The molecule has 0 aromatic carbocycles. The standard InChI is InChI=1S/C10H19NO3/c12-9(5-10(13)14)7-11-6-8-3-1-2-4-8/h8-9,11-12H,1-7H2,(H,13,14). The first-order valence-electron chi connectivity index (χ1n) is 5.29. The third-order valence-electron chi connectivity index (χ3n) is 2.70. The molecular formula is C10H19NO3. The molecule has 0 amide bonds. The van der Waals surface area contributed by atoms with E-state index in [4.69, 9.17) is 5.11 Å². The summed E-state index contributed by atoms with van der Waals surface area (Å²) in [4.78, 5) is 10.2. The highest BCUT2D eigenvalue weighted by Gasteiger charge is 2.15. The first-order valence-corrected chi connectivity index (χ1v) is 5.29. The molecule has 1 aliphatic rings. The maximum atomic E-state index is 10.2. The van der Waals surface area contributed by atoms with Crippen molar-refractivity contribution in [1.82, 2.24) is 5.32 Å². The Hall–Kier alpha value is -0.610. The minimum absolute atomic E-state index is 0.169. The van der Waals surface area contributed by atoms with E-state index in [0.29, 0.717) is 6.54 Å². The molecule has 4 nitrogen and oxygen atoms in total. The Morgan fingerprint density at radius 3 is 2.64 bits per heavy atom. The zero-order valence-corrected chi connectivity index (χ0v) is 8.41. The third kappa shape index (κ3) is 4.58. The molecule has 1 aliphatic carbocycles. The highest BCUT2D eigenvalue weighted by Crippen LogP contribution is 2.23. The average Bonchev–Trinajstić information content (AvgIpc) is 2.55. The third-order valence-corrected chi connectivity index (χ3v) is 2.70. The predicted octanol–water partition coefficient (Wildman–Crippen LogP) is 0.602. The van der Waals surface area contributed by atoms with E-state index in [0.717, 1.165) is 12.5 Å². The molecule has 0 heterocycles. The molecule has 1 atom stereocenters. The van der Waals surface area contributed by atoms with Crippen LogP contribution in [0.2, 0.25) is 0 Å². The number of hydrogen-bond donors (Lipinski definition) is 3. The lowest BCUT2D eigenvalue weighted by Crippen LogP contribution is -2.31. The Morgan fingerprint density at radius 1 is 1.43 bits per heavy atom. The average molecular weight is 201 g/mol. The molecule has 0 aliphatic heterocycles. The number of aliphatic hydroxyl groups is 1. The van der Waals surface area contributed by atoms with E-state index < -0.39 is 12.1 Å². The molecule has 14 heavy (non-hydrogen) atoms. The summed E-state index contributed by atoms with van der Waals surface area (Å²) in [5.41, 5.74) is 0. The van der Waals surface area contributed by atoms with Crippen LogP contribution in [-0.2, 0) is 4.79 Å². The molecule has 3 N–H and O–H groups in total. The van der Waals surface area contributed by atoms with Gasteiger partial charge in [0.2, 0.25) is 0 Å². The molecule has 0 spiro atoms. The van der Waals surface area contributed by atoms with Gasteiger partial charge in [0, 0.05) is 6.54 Å². The molecule has 4 heteroatoms. The van der Waals surface area contributed by atoms with Gasteiger partial charge in [0.25, 0.3) is 0 Å². The normalized spacial score (nSPS) is 19.8. The van der Waals surface area contributed by atoms with Crippen LogP contribution >= 0.6 is 0 Å². The van der Waals surface area contributed by atoms with Crippen molar-refractivity contribution in [2.24, 2.45) is 5.92 Å². The summed E-state index contributed by atoms with van der Waals surface area (Å²) in [7, 11) is 0. The lowest BCUT2D eigenvalue weighted by atomic mass is 10.1. The van der Waals surface area contributed by atoms with E-state index in [-0.39, 0.29) is 6.42 Å². The van der Waals surface area contributed by atoms with Gasteiger partial charge in [-0.2, -0.15) is 0 Å². The van der Waals surface area contributed by atoms with Crippen molar-refractivity contribution in [3.05, 3.63) is 0 Å². The first-order chi connectivity index (χ1) is 6.68. The van der Waals surface area contributed by atoms with Crippen LogP contribution in [-0.4, -0.2) is 35.4 Å². The Kier molecular flexibility index (Phi) is 4.90. The molecular weight excluding hydrogens is 182 g/mol. The summed E-state index contributed by atoms with van der Waals surface area (Å²) >= 11 is 0. The van der Waals surface area contributed by atoms with E-state index in [2.05, 4.69) is 5.32 Å². The summed E-state index contributed by atoms with van der Waals surface area (Å²) in [6.45, 7) is 1.31. The molecule has 0 aromatic rings. The maximum absolute atomic E-state index is 10.2. The number of carbonyl (C=O) groups is 1. The highest BCUT2D eigenvalue weighted by atomic mass is 16.4. The lowest BCUT2D eigenvalue weighted by Gasteiger charge is -2.12. The van der Waals surface area contributed by atoms with Crippen molar-refractivity contribution in [2.45, 2.75) is 38.2 Å². The number of aliphatic hydroxyl groups excluding tert-OH is 1. The van der Waals surface area contributed by atoms with Gasteiger partial charge in [-0.1, -0.05) is 12.8 Å². The minimum atomic E-state index is -0.944. The van der Waals surface area contributed by atoms with Crippen molar-refractivity contribution in [3.8, 4) is 0 Å². The summed E-state index contributed by atoms with van der Waals surface area (Å²) in [5, 5.41) is 20.8. The monoisotopic (exact) mass is 201 g/mol. The highest BCUT2D eigenvalue weighted by molar-refractivity contribution is 5.67. The molecule has 82 valence electrons. The van der Waals surface area contributed by atoms with Crippen molar-refractivity contribution in [2.75, 3.05) is 13.1 Å². The van der Waals surface area contributed by atoms with E-state index in [1.807, 2.05) is 0 Å². The molecule has 1 rings (SSSR count). The summed E-state index contributed by atoms with van der Waals surface area (Å²) < 4.78 is 0.